The number of halogens is 1. The SMILES string of the molecule is CNCC(CCSC)Cc1ccccc1Cl. The van der Waals surface area contributed by atoms with E-state index in [2.05, 4.69) is 23.7 Å². The summed E-state index contributed by atoms with van der Waals surface area (Å²) in [6.45, 7) is 1.06. The highest BCUT2D eigenvalue weighted by Gasteiger charge is 2.10. The van der Waals surface area contributed by atoms with Crippen LogP contribution < -0.4 is 5.32 Å². The molecular formula is C13H20ClNS. The van der Waals surface area contributed by atoms with Crippen molar-refractivity contribution in [2.24, 2.45) is 5.92 Å². The van der Waals surface area contributed by atoms with E-state index >= 15 is 0 Å². The first kappa shape index (κ1) is 13.9. The predicted molar refractivity (Wildman–Crippen MR) is 75.6 cm³/mol. The lowest BCUT2D eigenvalue weighted by molar-refractivity contribution is 0.485. The van der Waals surface area contributed by atoms with Crippen molar-refractivity contribution in [3.63, 3.8) is 0 Å². The van der Waals surface area contributed by atoms with E-state index in [-0.39, 0.29) is 0 Å². The van der Waals surface area contributed by atoms with Gasteiger partial charge in [0, 0.05) is 5.02 Å². The summed E-state index contributed by atoms with van der Waals surface area (Å²) in [6.07, 6.45) is 4.47. The second kappa shape index (κ2) is 7.99. The maximum atomic E-state index is 6.18. The molecule has 1 aromatic carbocycles. The summed E-state index contributed by atoms with van der Waals surface area (Å²) in [5.74, 6) is 1.90. The van der Waals surface area contributed by atoms with E-state index in [0.717, 1.165) is 18.0 Å². The molecule has 0 aliphatic rings. The molecule has 0 heterocycles. The van der Waals surface area contributed by atoms with E-state index in [1.165, 1.54) is 17.7 Å². The standard InChI is InChI=1S/C13H20ClNS/c1-15-10-11(7-8-16-2)9-12-5-3-4-6-13(12)14/h3-6,11,15H,7-10H2,1-2H3. The maximum absolute atomic E-state index is 6.18. The average Bonchev–Trinajstić information content (AvgIpc) is 2.29. The Morgan fingerprint density at radius 2 is 2.12 bits per heavy atom. The van der Waals surface area contributed by atoms with E-state index in [1.807, 2.05) is 30.9 Å². The number of benzene rings is 1. The van der Waals surface area contributed by atoms with Crippen LogP contribution >= 0.6 is 23.4 Å². The van der Waals surface area contributed by atoms with Gasteiger partial charge in [0.2, 0.25) is 0 Å². The van der Waals surface area contributed by atoms with Crippen molar-refractivity contribution < 1.29 is 0 Å². The van der Waals surface area contributed by atoms with Crippen LogP contribution in [0, 0.1) is 5.92 Å². The highest BCUT2D eigenvalue weighted by Crippen LogP contribution is 2.20. The van der Waals surface area contributed by atoms with Crippen LogP contribution in [-0.2, 0) is 6.42 Å². The van der Waals surface area contributed by atoms with Crippen LogP contribution in [0.15, 0.2) is 24.3 Å². The van der Waals surface area contributed by atoms with Gasteiger partial charge in [0.1, 0.15) is 0 Å². The van der Waals surface area contributed by atoms with Crippen molar-refractivity contribution in [1.29, 1.82) is 0 Å². The topological polar surface area (TPSA) is 12.0 Å². The molecule has 16 heavy (non-hydrogen) atoms. The molecule has 0 aliphatic heterocycles. The molecule has 1 rings (SSSR count). The summed E-state index contributed by atoms with van der Waals surface area (Å²) >= 11 is 8.09. The minimum absolute atomic E-state index is 0.678. The van der Waals surface area contributed by atoms with E-state index < -0.39 is 0 Å². The monoisotopic (exact) mass is 257 g/mol. The second-order valence-electron chi connectivity index (χ2n) is 4.00. The molecule has 90 valence electrons. The van der Waals surface area contributed by atoms with Gasteiger partial charge in [0.25, 0.3) is 0 Å². The third-order valence-corrected chi connectivity index (χ3v) is 3.70. The molecule has 0 spiro atoms. The minimum atomic E-state index is 0.678. The summed E-state index contributed by atoms with van der Waals surface area (Å²) in [5, 5.41) is 4.16. The summed E-state index contributed by atoms with van der Waals surface area (Å²) in [6, 6.07) is 8.15. The second-order valence-corrected chi connectivity index (χ2v) is 5.39. The molecule has 0 saturated heterocycles. The fraction of sp³-hybridized carbons (Fsp3) is 0.538. The summed E-state index contributed by atoms with van der Waals surface area (Å²) < 4.78 is 0. The smallest absolute Gasteiger partial charge is 0.0438 e. The lowest BCUT2D eigenvalue weighted by Gasteiger charge is -2.16. The Morgan fingerprint density at radius 1 is 1.38 bits per heavy atom. The summed E-state index contributed by atoms with van der Waals surface area (Å²) in [5.41, 5.74) is 1.27. The van der Waals surface area contributed by atoms with Crippen molar-refractivity contribution >= 4 is 23.4 Å². The zero-order valence-electron chi connectivity index (χ0n) is 10.0. The van der Waals surface area contributed by atoms with Crippen LogP contribution in [0.2, 0.25) is 5.02 Å². The summed E-state index contributed by atoms with van der Waals surface area (Å²) in [4.78, 5) is 0. The number of nitrogens with one attached hydrogen (secondary N) is 1. The average molecular weight is 258 g/mol. The minimum Gasteiger partial charge on any atom is -0.319 e. The Bertz CT molecular complexity index is 304. The molecular weight excluding hydrogens is 238 g/mol. The van der Waals surface area contributed by atoms with Gasteiger partial charge in [-0.05, 0) is 56.0 Å². The molecule has 1 unspecified atom stereocenters. The van der Waals surface area contributed by atoms with Gasteiger partial charge in [-0.1, -0.05) is 29.8 Å². The highest BCUT2D eigenvalue weighted by molar-refractivity contribution is 7.98. The maximum Gasteiger partial charge on any atom is 0.0438 e. The molecule has 0 fully saturated rings. The van der Waals surface area contributed by atoms with E-state index in [4.69, 9.17) is 11.6 Å². The third kappa shape index (κ3) is 4.77. The van der Waals surface area contributed by atoms with Crippen molar-refractivity contribution in [3.8, 4) is 0 Å². The molecule has 1 aromatic rings. The first-order chi connectivity index (χ1) is 7.77. The van der Waals surface area contributed by atoms with Crippen molar-refractivity contribution in [2.45, 2.75) is 12.8 Å². The number of hydrogen-bond acceptors (Lipinski definition) is 2. The van der Waals surface area contributed by atoms with Crippen molar-refractivity contribution in [2.75, 3.05) is 25.6 Å². The molecule has 0 amide bonds. The van der Waals surface area contributed by atoms with Gasteiger partial charge in [-0.3, -0.25) is 0 Å². The Labute approximate surface area is 108 Å². The van der Waals surface area contributed by atoms with Gasteiger partial charge in [-0.15, -0.1) is 0 Å². The largest absolute Gasteiger partial charge is 0.319 e. The number of thioether (sulfide) groups is 1. The van der Waals surface area contributed by atoms with E-state index in [0.29, 0.717) is 5.92 Å². The molecule has 3 heteroatoms. The van der Waals surface area contributed by atoms with Gasteiger partial charge in [-0.25, -0.2) is 0 Å². The zero-order chi connectivity index (χ0) is 11.8. The quantitative estimate of drug-likeness (QED) is 0.803. The van der Waals surface area contributed by atoms with Crippen LogP contribution in [0.4, 0.5) is 0 Å². The molecule has 0 radical (unpaired) electrons. The van der Waals surface area contributed by atoms with Gasteiger partial charge in [0.15, 0.2) is 0 Å². The predicted octanol–water partition coefficient (Wildman–Crippen LogP) is 3.47. The normalized spacial score (nSPS) is 12.7. The number of hydrogen-bond donors (Lipinski definition) is 1. The summed E-state index contributed by atoms with van der Waals surface area (Å²) in [7, 11) is 2.01. The first-order valence-electron chi connectivity index (χ1n) is 5.65. The third-order valence-electron chi connectivity index (χ3n) is 2.69. The fourth-order valence-corrected chi connectivity index (χ4v) is 2.61. The fourth-order valence-electron chi connectivity index (χ4n) is 1.82. The lowest BCUT2D eigenvalue weighted by atomic mass is 9.97. The lowest BCUT2D eigenvalue weighted by Crippen LogP contribution is -2.21. The first-order valence-corrected chi connectivity index (χ1v) is 7.42. The Balaban J connectivity index is 2.56. The van der Waals surface area contributed by atoms with Crippen LogP contribution in [0.3, 0.4) is 0 Å². The van der Waals surface area contributed by atoms with Gasteiger partial charge in [0.05, 0.1) is 0 Å². The molecule has 1 atom stereocenters. The number of rotatable bonds is 7. The van der Waals surface area contributed by atoms with Crippen LogP contribution in [0.25, 0.3) is 0 Å². The van der Waals surface area contributed by atoms with Crippen molar-refractivity contribution in [1.82, 2.24) is 5.32 Å². The molecule has 0 aliphatic carbocycles. The molecule has 1 N–H and O–H groups in total. The van der Waals surface area contributed by atoms with E-state index in [9.17, 15) is 0 Å². The molecule has 0 aromatic heterocycles. The highest BCUT2D eigenvalue weighted by atomic mass is 35.5. The Hall–Kier alpha value is -0.180. The zero-order valence-corrected chi connectivity index (χ0v) is 11.6. The van der Waals surface area contributed by atoms with Crippen LogP contribution in [0.1, 0.15) is 12.0 Å². The van der Waals surface area contributed by atoms with Crippen molar-refractivity contribution in [3.05, 3.63) is 34.9 Å². The molecule has 1 nitrogen and oxygen atoms in total. The van der Waals surface area contributed by atoms with Gasteiger partial charge >= 0.3 is 0 Å². The van der Waals surface area contributed by atoms with E-state index in [1.54, 1.807) is 0 Å². The van der Waals surface area contributed by atoms with Gasteiger partial charge < -0.3 is 5.32 Å². The molecule has 0 bridgehead atoms. The Morgan fingerprint density at radius 3 is 2.75 bits per heavy atom. The van der Waals surface area contributed by atoms with Crippen LogP contribution in [-0.4, -0.2) is 25.6 Å². The molecule has 0 saturated carbocycles. The Kier molecular flexibility index (Phi) is 6.93. The van der Waals surface area contributed by atoms with Gasteiger partial charge in [-0.2, -0.15) is 11.8 Å². The van der Waals surface area contributed by atoms with Crippen LogP contribution in [0.5, 0.6) is 0 Å².